The molecule has 1 saturated heterocycles. The van der Waals surface area contributed by atoms with E-state index < -0.39 is 12.0 Å². The Kier molecular flexibility index (Phi) is 4.99. The fraction of sp³-hybridized carbons (Fsp3) is 0.529. The second-order valence-corrected chi connectivity index (χ2v) is 5.90. The molecule has 1 amide bonds. The van der Waals surface area contributed by atoms with Crippen LogP contribution in [0.1, 0.15) is 49.7 Å². The SMILES string of the molecule is Cc1ccccc1C(C)CC(=O)N1CCCC[C@@H]1C(=O)O. The molecule has 1 aliphatic rings. The zero-order valence-electron chi connectivity index (χ0n) is 12.7. The number of carboxylic acid groups (broad SMARTS) is 1. The van der Waals surface area contributed by atoms with Crippen LogP contribution in [0.5, 0.6) is 0 Å². The molecule has 0 spiro atoms. The van der Waals surface area contributed by atoms with Gasteiger partial charge in [-0.3, -0.25) is 4.79 Å². The van der Waals surface area contributed by atoms with Crippen molar-refractivity contribution < 1.29 is 14.7 Å². The average molecular weight is 289 g/mol. The zero-order chi connectivity index (χ0) is 15.4. The van der Waals surface area contributed by atoms with Crippen LogP contribution in [-0.2, 0) is 9.59 Å². The van der Waals surface area contributed by atoms with Gasteiger partial charge in [0, 0.05) is 13.0 Å². The zero-order valence-corrected chi connectivity index (χ0v) is 12.7. The number of aliphatic carboxylic acids is 1. The Labute approximate surface area is 125 Å². The number of carboxylic acids is 1. The van der Waals surface area contributed by atoms with Crippen LogP contribution in [0.3, 0.4) is 0 Å². The Morgan fingerprint density at radius 2 is 2.05 bits per heavy atom. The molecule has 1 heterocycles. The highest BCUT2D eigenvalue weighted by molar-refractivity contribution is 5.84. The molecule has 4 nitrogen and oxygen atoms in total. The number of amides is 1. The van der Waals surface area contributed by atoms with Gasteiger partial charge in [-0.15, -0.1) is 0 Å². The van der Waals surface area contributed by atoms with Crippen molar-refractivity contribution in [3.05, 3.63) is 35.4 Å². The summed E-state index contributed by atoms with van der Waals surface area (Å²) < 4.78 is 0. The predicted molar refractivity (Wildman–Crippen MR) is 81.2 cm³/mol. The van der Waals surface area contributed by atoms with E-state index in [9.17, 15) is 14.7 Å². The highest BCUT2D eigenvalue weighted by Gasteiger charge is 2.32. The Hall–Kier alpha value is -1.84. The molecule has 0 bridgehead atoms. The van der Waals surface area contributed by atoms with E-state index in [4.69, 9.17) is 0 Å². The number of carbonyl (C=O) groups is 2. The first kappa shape index (κ1) is 15.5. The minimum atomic E-state index is -0.883. The Morgan fingerprint density at radius 1 is 1.33 bits per heavy atom. The molecule has 0 saturated carbocycles. The van der Waals surface area contributed by atoms with E-state index in [2.05, 4.69) is 0 Å². The van der Waals surface area contributed by atoms with Gasteiger partial charge in [-0.1, -0.05) is 31.2 Å². The van der Waals surface area contributed by atoms with E-state index in [0.717, 1.165) is 18.4 Å². The van der Waals surface area contributed by atoms with Crippen LogP contribution in [0.25, 0.3) is 0 Å². The predicted octanol–water partition coefficient (Wildman–Crippen LogP) is 2.95. The molecule has 2 rings (SSSR count). The lowest BCUT2D eigenvalue weighted by atomic mass is 9.92. The van der Waals surface area contributed by atoms with Crippen molar-refractivity contribution in [1.29, 1.82) is 0 Å². The summed E-state index contributed by atoms with van der Waals surface area (Å²) in [7, 11) is 0. The van der Waals surface area contributed by atoms with Crippen LogP contribution in [-0.4, -0.2) is 34.5 Å². The molecule has 114 valence electrons. The lowest BCUT2D eigenvalue weighted by molar-refractivity contribution is -0.152. The van der Waals surface area contributed by atoms with E-state index in [1.54, 1.807) is 4.90 Å². The monoisotopic (exact) mass is 289 g/mol. The minimum Gasteiger partial charge on any atom is -0.480 e. The van der Waals surface area contributed by atoms with E-state index in [0.29, 0.717) is 19.4 Å². The van der Waals surface area contributed by atoms with Gasteiger partial charge in [0.2, 0.25) is 5.91 Å². The molecule has 1 aliphatic heterocycles. The van der Waals surface area contributed by atoms with Crippen molar-refractivity contribution in [3.8, 4) is 0 Å². The lowest BCUT2D eigenvalue weighted by Gasteiger charge is -2.33. The van der Waals surface area contributed by atoms with Crippen molar-refractivity contribution in [2.45, 2.75) is 51.5 Å². The molecule has 1 fully saturated rings. The van der Waals surface area contributed by atoms with Crippen molar-refractivity contribution in [2.24, 2.45) is 0 Å². The van der Waals surface area contributed by atoms with Crippen LogP contribution in [0.2, 0.25) is 0 Å². The number of hydrogen-bond acceptors (Lipinski definition) is 2. The van der Waals surface area contributed by atoms with Crippen LogP contribution >= 0.6 is 0 Å². The summed E-state index contributed by atoms with van der Waals surface area (Å²) in [6, 6.07) is 7.40. The molecule has 21 heavy (non-hydrogen) atoms. The van der Waals surface area contributed by atoms with Gasteiger partial charge in [0.1, 0.15) is 6.04 Å². The van der Waals surface area contributed by atoms with E-state index in [1.807, 2.05) is 38.1 Å². The maximum atomic E-state index is 12.5. The van der Waals surface area contributed by atoms with Gasteiger partial charge in [0.25, 0.3) is 0 Å². The number of rotatable bonds is 4. The topological polar surface area (TPSA) is 57.6 Å². The Balaban J connectivity index is 2.06. The van der Waals surface area contributed by atoms with Gasteiger partial charge < -0.3 is 10.0 Å². The third-order valence-electron chi connectivity index (χ3n) is 4.31. The number of aryl methyl sites for hydroxylation is 1. The van der Waals surface area contributed by atoms with Crippen LogP contribution < -0.4 is 0 Å². The molecule has 0 aliphatic carbocycles. The number of likely N-dealkylation sites (tertiary alicyclic amines) is 1. The van der Waals surface area contributed by atoms with Crippen LogP contribution in [0.4, 0.5) is 0 Å². The maximum absolute atomic E-state index is 12.5. The first-order valence-electron chi connectivity index (χ1n) is 7.58. The molecule has 2 atom stereocenters. The normalized spacial score (nSPS) is 20.1. The summed E-state index contributed by atoms with van der Waals surface area (Å²) in [5.41, 5.74) is 2.33. The fourth-order valence-electron chi connectivity index (χ4n) is 3.12. The highest BCUT2D eigenvalue weighted by atomic mass is 16.4. The lowest BCUT2D eigenvalue weighted by Crippen LogP contribution is -2.48. The largest absolute Gasteiger partial charge is 0.480 e. The molecule has 0 aromatic heterocycles. The van der Waals surface area contributed by atoms with Gasteiger partial charge in [0.05, 0.1) is 0 Å². The molecular formula is C17H23NO3. The summed E-state index contributed by atoms with van der Waals surface area (Å²) in [6.07, 6.45) is 2.72. The smallest absolute Gasteiger partial charge is 0.326 e. The second-order valence-electron chi connectivity index (χ2n) is 5.90. The maximum Gasteiger partial charge on any atom is 0.326 e. The number of nitrogens with zero attached hydrogens (tertiary/aromatic N) is 1. The number of hydrogen-bond donors (Lipinski definition) is 1. The average Bonchev–Trinajstić information content (AvgIpc) is 2.47. The standard InChI is InChI=1S/C17H23NO3/c1-12-7-3-4-8-14(12)13(2)11-16(19)18-10-6-5-9-15(18)17(20)21/h3-4,7-8,13,15H,5-6,9-11H2,1-2H3,(H,20,21)/t13?,15-/m1/s1. The van der Waals surface area contributed by atoms with Gasteiger partial charge in [-0.05, 0) is 43.2 Å². The molecule has 1 unspecified atom stereocenters. The number of benzene rings is 1. The first-order valence-corrected chi connectivity index (χ1v) is 7.58. The summed E-state index contributed by atoms with van der Waals surface area (Å²) in [6.45, 7) is 4.63. The van der Waals surface area contributed by atoms with Gasteiger partial charge in [-0.2, -0.15) is 0 Å². The third kappa shape index (κ3) is 3.63. The second kappa shape index (κ2) is 6.74. The first-order chi connectivity index (χ1) is 10.0. The molecule has 4 heteroatoms. The van der Waals surface area contributed by atoms with Gasteiger partial charge >= 0.3 is 5.97 Å². The number of carbonyl (C=O) groups excluding carboxylic acids is 1. The summed E-state index contributed by atoms with van der Waals surface area (Å²) in [5, 5.41) is 9.26. The van der Waals surface area contributed by atoms with Gasteiger partial charge in [-0.25, -0.2) is 4.79 Å². The molecule has 1 aromatic rings. The van der Waals surface area contributed by atoms with Crippen molar-refractivity contribution >= 4 is 11.9 Å². The molecular weight excluding hydrogens is 266 g/mol. The highest BCUT2D eigenvalue weighted by Crippen LogP contribution is 2.25. The summed E-state index contributed by atoms with van der Waals surface area (Å²) in [4.78, 5) is 25.3. The van der Waals surface area contributed by atoms with Crippen LogP contribution in [0, 0.1) is 6.92 Å². The minimum absolute atomic E-state index is 0.0437. The third-order valence-corrected chi connectivity index (χ3v) is 4.31. The quantitative estimate of drug-likeness (QED) is 0.927. The Morgan fingerprint density at radius 3 is 2.71 bits per heavy atom. The molecule has 1 N–H and O–H groups in total. The van der Waals surface area contributed by atoms with Crippen molar-refractivity contribution in [2.75, 3.05) is 6.54 Å². The molecule has 1 aromatic carbocycles. The van der Waals surface area contributed by atoms with Crippen molar-refractivity contribution in [1.82, 2.24) is 4.90 Å². The van der Waals surface area contributed by atoms with E-state index >= 15 is 0 Å². The van der Waals surface area contributed by atoms with E-state index in [1.165, 1.54) is 5.56 Å². The van der Waals surface area contributed by atoms with Crippen molar-refractivity contribution in [3.63, 3.8) is 0 Å². The Bertz CT molecular complexity index is 527. The van der Waals surface area contributed by atoms with E-state index in [-0.39, 0.29) is 11.8 Å². The summed E-state index contributed by atoms with van der Waals surface area (Å²) in [5.74, 6) is -0.820. The van der Waals surface area contributed by atoms with Crippen LogP contribution in [0.15, 0.2) is 24.3 Å². The fourth-order valence-corrected chi connectivity index (χ4v) is 3.12. The number of piperidine rings is 1. The summed E-state index contributed by atoms with van der Waals surface area (Å²) >= 11 is 0. The van der Waals surface area contributed by atoms with Gasteiger partial charge in [0.15, 0.2) is 0 Å². The molecule has 0 radical (unpaired) electrons.